The fraction of sp³-hybridized carbons (Fsp3) is 0. The van der Waals surface area contributed by atoms with E-state index < -0.39 is 0 Å². The van der Waals surface area contributed by atoms with Crippen molar-refractivity contribution in [2.24, 2.45) is 0 Å². The van der Waals surface area contributed by atoms with Crippen LogP contribution in [-0.4, -0.2) is 9.13 Å². The molecule has 0 radical (unpaired) electrons. The summed E-state index contributed by atoms with van der Waals surface area (Å²) in [5, 5.41) is 35.0. The second kappa shape index (κ2) is 11.4. The van der Waals surface area contributed by atoms with Crippen molar-refractivity contribution in [2.45, 2.75) is 0 Å². The normalized spacial score (nSPS) is 11.1. The molecule has 9 rings (SSSR count). The third kappa shape index (κ3) is 4.24. The lowest BCUT2D eigenvalue weighted by Gasteiger charge is -2.17. The zero-order valence-electron chi connectivity index (χ0n) is 26.7. The number of hydrogen-bond acceptors (Lipinski definition) is 3. The molecule has 0 fully saturated rings. The van der Waals surface area contributed by atoms with E-state index in [4.69, 9.17) is 0 Å². The van der Waals surface area contributed by atoms with Crippen LogP contribution in [0, 0.1) is 34.0 Å². The Hall–Kier alpha value is -7.39. The zero-order chi connectivity index (χ0) is 33.8. The van der Waals surface area contributed by atoms with E-state index in [1.165, 1.54) is 0 Å². The van der Waals surface area contributed by atoms with Gasteiger partial charge < -0.3 is 9.13 Å². The van der Waals surface area contributed by atoms with Crippen LogP contribution in [0.3, 0.4) is 0 Å². The first-order valence-electron chi connectivity index (χ1n) is 16.3. The van der Waals surface area contributed by atoms with Crippen LogP contribution in [0.1, 0.15) is 16.7 Å². The Bertz CT molecular complexity index is 2920. The molecular weight excluding hydrogens is 611 g/mol. The summed E-state index contributed by atoms with van der Waals surface area (Å²) in [6, 6.07) is 57.8. The lowest BCUT2D eigenvalue weighted by atomic mass is 9.93. The van der Waals surface area contributed by atoms with E-state index in [-0.39, 0.29) is 0 Å². The number of rotatable bonds is 4. The molecule has 0 aliphatic heterocycles. The first kappa shape index (κ1) is 28.8. The van der Waals surface area contributed by atoms with Crippen molar-refractivity contribution >= 4 is 43.6 Å². The average molecular weight is 636 g/mol. The molecule has 5 heteroatoms. The summed E-state index contributed by atoms with van der Waals surface area (Å²) < 4.78 is 4.32. The standard InChI is InChI=1S/C45H25N5/c46-26-29-20-23-44-38(24-29)37-15-4-6-17-41(37)49(44)40-16-5-1-12-34(40)31-11-9-10-30(25-31)33-22-21-32(27-47)45(39(33)28-48)50-42-18-7-2-13-35(42)36-14-3-8-19-43(36)50/h1-25H. The van der Waals surface area contributed by atoms with E-state index in [9.17, 15) is 15.8 Å². The lowest BCUT2D eigenvalue weighted by molar-refractivity contribution is 1.16. The smallest absolute Gasteiger partial charge is 0.102 e. The number of nitrogens with zero attached hydrogens (tertiary/aromatic N) is 5. The molecule has 0 amide bonds. The van der Waals surface area contributed by atoms with Gasteiger partial charge in [-0.3, -0.25) is 0 Å². The molecule has 2 heterocycles. The second-order valence-electron chi connectivity index (χ2n) is 12.3. The quantitative estimate of drug-likeness (QED) is 0.193. The largest absolute Gasteiger partial charge is 0.309 e. The highest BCUT2D eigenvalue weighted by Crippen LogP contribution is 2.40. The number of benzene rings is 7. The molecule has 0 atom stereocenters. The Balaban J connectivity index is 1.26. The van der Waals surface area contributed by atoms with Gasteiger partial charge in [0.1, 0.15) is 12.1 Å². The highest BCUT2D eigenvalue weighted by Gasteiger charge is 2.22. The van der Waals surface area contributed by atoms with E-state index in [0.29, 0.717) is 22.4 Å². The topological polar surface area (TPSA) is 81.2 Å². The first-order chi connectivity index (χ1) is 24.7. The Morgan fingerprint density at radius 1 is 0.400 bits per heavy atom. The molecule has 0 saturated heterocycles. The summed E-state index contributed by atoms with van der Waals surface area (Å²) in [7, 11) is 0. The van der Waals surface area contributed by atoms with Crippen molar-refractivity contribution in [1.29, 1.82) is 15.8 Å². The molecular formula is C45H25N5. The van der Waals surface area contributed by atoms with Crippen molar-refractivity contribution in [3.63, 3.8) is 0 Å². The fourth-order valence-corrected chi connectivity index (χ4v) is 7.50. The van der Waals surface area contributed by atoms with Gasteiger partial charge in [0.05, 0.1) is 56.2 Å². The predicted molar refractivity (Wildman–Crippen MR) is 200 cm³/mol. The molecule has 0 unspecified atom stereocenters. The molecule has 50 heavy (non-hydrogen) atoms. The summed E-state index contributed by atoms with van der Waals surface area (Å²) in [4.78, 5) is 0. The maximum absolute atomic E-state index is 10.8. The second-order valence-corrected chi connectivity index (χ2v) is 12.3. The van der Waals surface area contributed by atoms with Gasteiger partial charge in [-0.2, -0.15) is 15.8 Å². The summed E-state index contributed by atoms with van der Waals surface area (Å²) in [6.45, 7) is 0. The van der Waals surface area contributed by atoms with E-state index in [0.717, 1.165) is 71.6 Å². The summed E-state index contributed by atoms with van der Waals surface area (Å²) in [5.74, 6) is 0. The Kier molecular flexibility index (Phi) is 6.56. The molecule has 2 aromatic heterocycles. The molecule has 0 bridgehead atoms. The first-order valence-corrected chi connectivity index (χ1v) is 16.3. The monoisotopic (exact) mass is 635 g/mol. The van der Waals surface area contributed by atoms with E-state index in [1.807, 2.05) is 103 Å². The molecule has 0 N–H and O–H groups in total. The number of hydrogen-bond donors (Lipinski definition) is 0. The van der Waals surface area contributed by atoms with Crippen molar-refractivity contribution in [2.75, 3.05) is 0 Å². The minimum atomic E-state index is 0.434. The number of para-hydroxylation sites is 4. The summed E-state index contributed by atoms with van der Waals surface area (Å²) in [6.07, 6.45) is 0. The Morgan fingerprint density at radius 3 is 1.64 bits per heavy atom. The molecule has 230 valence electrons. The minimum Gasteiger partial charge on any atom is -0.309 e. The van der Waals surface area contributed by atoms with Gasteiger partial charge in [0.15, 0.2) is 0 Å². The Labute approximate surface area is 287 Å². The molecule has 0 aliphatic rings. The van der Waals surface area contributed by atoms with Crippen LogP contribution < -0.4 is 0 Å². The van der Waals surface area contributed by atoms with Crippen molar-refractivity contribution in [3.8, 4) is 51.8 Å². The van der Waals surface area contributed by atoms with Gasteiger partial charge in [-0.1, -0.05) is 97.1 Å². The van der Waals surface area contributed by atoms with Crippen LogP contribution in [0.2, 0.25) is 0 Å². The van der Waals surface area contributed by atoms with Gasteiger partial charge in [-0.05, 0) is 65.7 Å². The molecule has 5 nitrogen and oxygen atoms in total. The molecule has 0 spiro atoms. The van der Waals surface area contributed by atoms with E-state index in [2.05, 4.69) is 75.9 Å². The number of nitriles is 3. The van der Waals surface area contributed by atoms with Crippen LogP contribution in [0.15, 0.2) is 152 Å². The zero-order valence-corrected chi connectivity index (χ0v) is 26.7. The van der Waals surface area contributed by atoms with E-state index >= 15 is 0 Å². The highest BCUT2D eigenvalue weighted by molar-refractivity contribution is 6.11. The number of fused-ring (bicyclic) bond motifs is 6. The third-order valence-electron chi connectivity index (χ3n) is 9.65. The predicted octanol–water partition coefficient (Wildman–Crippen LogP) is 10.8. The average Bonchev–Trinajstić information content (AvgIpc) is 3.69. The maximum atomic E-state index is 10.8. The number of aromatic nitrogens is 2. The van der Waals surface area contributed by atoms with Crippen molar-refractivity contribution < 1.29 is 0 Å². The van der Waals surface area contributed by atoms with Gasteiger partial charge in [0, 0.05) is 32.7 Å². The molecule has 0 aliphatic carbocycles. The van der Waals surface area contributed by atoms with Crippen LogP contribution in [0.5, 0.6) is 0 Å². The Morgan fingerprint density at radius 2 is 0.980 bits per heavy atom. The summed E-state index contributed by atoms with van der Waals surface area (Å²) >= 11 is 0. The van der Waals surface area contributed by atoms with Gasteiger partial charge >= 0.3 is 0 Å². The van der Waals surface area contributed by atoms with Gasteiger partial charge in [0.2, 0.25) is 0 Å². The lowest BCUT2D eigenvalue weighted by Crippen LogP contribution is -2.03. The third-order valence-corrected chi connectivity index (χ3v) is 9.65. The fourth-order valence-electron chi connectivity index (χ4n) is 7.50. The van der Waals surface area contributed by atoms with Crippen LogP contribution in [0.25, 0.3) is 77.2 Å². The molecule has 9 aromatic rings. The van der Waals surface area contributed by atoms with Crippen molar-refractivity contribution in [1.82, 2.24) is 9.13 Å². The van der Waals surface area contributed by atoms with Crippen LogP contribution in [0.4, 0.5) is 0 Å². The van der Waals surface area contributed by atoms with Gasteiger partial charge in [-0.25, -0.2) is 0 Å². The van der Waals surface area contributed by atoms with Gasteiger partial charge in [-0.15, -0.1) is 0 Å². The molecule has 7 aromatic carbocycles. The molecule has 0 saturated carbocycles. The highest BCUT2D eigenvalue weighted by atomic mass is 15.0. The van der Waals surface area contributed by atoms with E-state index in [1.54, 1.807) is 0 Å². The maximum Gasteiger partial charge on any atom is 0.102 e. The minimum absolute atomic E-state index is 0.434. The van der Waals surface area contributed by atoms with Crippen LogP contribution in [-0.2, 0) is 0 Å². The van der Waals surface area contributed by atoms with Gasteiger partial charge in [0.25, 0.3) is 0 Å². The SMILES string of the molecule is N#Cc1ccc2c(c1)c1ccccc1n2-c1ccccc1-c1cccc(-c2ccc(C#N)c(-n3c4ccccc4c4ccccc43)c2C#N)c1. The van der Waals surface area contributed by atoms with Crippen LogP contribution >= 0.6 is 0 Å². The summed E-state index contributed by atoms with van der Waals surface area (Å²) in [5.41, 5.74) is 10.7. The van der Waals surface area contributed by atoms with Crippen molar-refractivity contribution in [3.05, 3.63) is 168 Å².